The first-order valence-corrected chi connectivity index (χ1v) is 6.47. The predicted octanol–water partition coefficient (Wildman–Crippen LogP) is 2.84. The summed E-state index contributed by atoms with van der Waals surface area (Å²) in [6.45, 7) is 2.62. The van der Waals surface area contributed by atoms with E-state index in [1.165, 1.54) is 0 Å². The van der Waals surface area contributed by atoms with E-state index in [2.05, 4.69) is 11.4 Å². The summed E-state index contributed by atoms with van der Waals surface area (Å²) < 4.78 is 0. The van der Waals surface area contributed by atoms with E-state index in [4.69, 9.17) is 0 Å². The fourth-order valence-electron chi connectivity index (χ4n) is 2.38. The maximum absolute atomic E-state index is 12.6. The van der Waals surface area contributed by atoms with Gasteiger partial charge in [-0.05, 0) is 30.7 Å². The summed E-state index contributed by atoms with van der Waals surface area (Å²) in [5, 5.41) is 3.26. The minimum absolute atomic E-state index is 0.0798. The first kappa shape index (κ1) is 11.9. The topological polar surface area (TPSA) is 32.3 Å². The Hall–Kier alpha value is -2.13. The average molecular weight is 252 g/mol. The number of fused-ring (bicyclic) bond motifs is 1. The smallest absolute Gasteiger partial charge is 0.248 e. The molecule has 3 rings (SSSR count). The maximum atomic E-state index is 12.6. The van der Waals surface area contributed by atoms with Gasteiger partial charge in [-0.15, -0.1) is 0 Å². The van der Waals surface area contributed by atoms with Gasteiger partial charge in [-0.2, -0.15) is 0 Å². The molecule has 1 N–H and O–H groups in total. The van der Waals surface area contributed by atoms with Gasteiger partial charge in [-0.1, -0.05) is 36.4 Å². The van der Waals surface area contributed by atoms with Crippen LogP contribution in [0, 0.1) is 0 Å². The van der Waals surface area contributed by atoms with Crippen LogP contribution in [0.2, 0.25) is 0 Å². The standard InChI is InChI=1S/C16H16N2O/c1-12-16(19)18(14-8-3-2-4-9-14)15-10-6-5-7-13(15)11-17-12/h2-10,12,17H,11H2,1H3. The van der Waals surface area contributed by atoms with Gasteiger partial charge in [0.25, 0.3) is 0 Å². The molecule has 0 spiro atoms. The van der Waals surface area contributed by atoms with Crippen molar-refractivity contribution in [2.75, 3.05) is 4.90 Å². The number of amides is 1. The van der Waals surface area contributed by atoms with Crippen molar-refractivity contribution in [3.63, 3.8) is 0 Å². The summed E-state index contributed by atoms with van der Waals surface area (Å²) in [4.78, 5) is 14.4. The number of nitrogens with one attached hydrogen (secondary N) is 1. The fourth-order valence-corrected chi connectivity index (χ4v) is 2.38. The molecule has 0 aromatic heterocycles. The lowest BCUT2D eigenvalue weighted by atomic mass is 10.1. The Morgan fingerprint density at radius 3 is 2.53 bits per heavy atom. The number of carbonyl (C=O) groups excluding carboxylic acids is 1. The molecule has 0 fully saturated rings. The minimum Gasteiger partial charge on any atom is -0.302 e. The van der Waals surface area contributed by atoms with Gasteiger partial charge >= 0.3 is 0 Å². The second kappa shape index (κ2) is 4.86. The molecule has 2 aromatic carbocycles. The van der Waals surface area contributed by atoms with Crippen LogP contribution in [0.4, 0.5) is 11.4 Å². The molecule has 1 atom stereocenters. The molecule has 0 aliphatic carbocycles. The monoisotopic (exact) mass is 252 g/mol. The van der Waals surface area contributed by atoms with Gasteiger partial charge in [0.2, 0.25) is 5.91 Å². The minimum atomic E-state index is -0.187. The van der Waals surface area contributed by atoms with Gasteiger partial charge in [0.05, 0.1) is 11.7 Å². The fraction of sp³-hybridized carbons (Fsp3) is 0.188. The molecule has 19 heavy (non-hydrogen) atoms. The summed E-state index contributed by atoms with van der Waals surface area (Å²) in [5.41, 5.74) is 3.02. The molecule has 3 heteroatoms. The molecular formula is C16H16N2O. The van der Waals surface area contributed by atoms with Crippen molar-refractivity contribution >= 4 is 17.3 Å². The molecule has 96 valence electrons. The zero-order valence-electron chi connectivity index (χ0n) is 10.8. The Morgan fingerprint density at radius 1 is 1.05 bits per heavy atom. The number of para-hydroxylation sites is 2. The van der Waals surface area contributed by atoms with Crippen LogP contribution in [0.3, 0.4) is 0 Å². The second-order valence-corrected chi connectivity index (χ2v) is 4.74. The van der Waals surface area contributed by atoms with Crippen LogP contribution in [0.5, 0.6) is 0 Å². The molecule has 1 amide bonds. The second-order valence-electron chi connectivity index (χ2n) is 4.74. The van der Waals surface area contributed by atoms with Gasteiger partial charge in [0.15, 0.2) is 0 Å². The molecule has 2 aromatic rings. The highest BCUT2D eigenvalue weighted by atomic mass is 16.2. The molecule has 0 bridgehead atoms. The van der Waals surface area contributed by atoms with E-state index >= 15 is 0 Å². The van der Waals surface area contributed by atoms with Crippen LogP contribution in [0.25, 0.3) is 0 Å². The Labute approximate surface area is 112 Å². The van der Waals surface area contributed by atoms with Crippen LogP contribution in [-0.2, 0) is 11.3 Å². The van der Waals surface area contributed by atoms with Crippen LogP contribution >= 0.6 is 0 Å². The normalized spacial score (nSPS) is 18.9. The summed E-state index contributed by atoms with van der Waals surface area (Å²) in [6.07, 6.45) is 0. The van der Waals surface area contributed by atoms with E-state index in [0.29, 0.717) is 6.54 Å². The highest BCUT2D eigenvalue weighted by Gasteiger charge is 2.27. The molecule has 1 heterocycles. The Bertz CT molecular complexity index is 595. The van der Waals surface area contributed by atoms with Gasteiger partial charge in [0.1, 0.15) is 0 Å². The van der Waals surface area contributed by atoms with E-state index in [9.17, 15) is 4.79 Å². The van der Waals surface area contributed by atoms with Crippen molar-refractivity contribution in [1.82, 2.24) is 5.32 Å². The van der Waals surface area contributed by atoms with Crippen molar-refractivity contribution in [3.8, 4) is 0 Å². The summed E-state index contributed by atoms with van der Waals surface area (Å²) >= 11 is 0. The van der Waals surface area contributed by atoms with E-state index in [1.54, 1.807) is 4.90 Å². The summed E-state index contributed by atoms with van der Waals surface area (Å²) in [5.74, 6) is 0.0798. The van der Waals surface area contributed by atoms with Crippen LogP contribution in [0.1, 0.15) is 12.5 Å². The van der Waals surface area contributed by atoms with Gasteiger partial charge in [-0.25, -0.2) is 0 Å². The van der Waals surface area contributed by atoms with E-state index < -0.39 is 0 Å². The molecule has 0 saturated carbocycles. The number of carbonyl (C=O) groups is 1. The summed E-state index contributed by atoms with van der Waals surface area (Å²) in [7, 11) is 0. The van der Waals surface area contributed by atoms with Crippen LogP contribution in [-0.4, -0.2) is 11.9 Å². The zero-order valence-corrected chi connectivity index (χ0v) is 10.8. The quantitative estimate of drug-likeness (QED) is 0.846. The SMILES string of the molecule is CC1NCc2ccccc2N(c2ccccc2)C1=O. The van der Waals surface area contributed by atoms with Gasteiger partial charge in [-0.3, -0.25) is 9.69 Å². The third-order valence-electron chi connectivity index (χ3n) is 3.44. The molecular weight excluding hydrogens is 236 g/mol. The number of hydrogen-bond donors (Lipinski definition) is 1. The Balaban J connectivity index is 2.16. The molecule has 3 nitrogen and oxygen atoms in total. The summed E-state index contributed by atoms with van der Waals surface area (Å²) in [6, 6.07) is 17.6. The number of hydrogen-bond acceptors (Lipinski definition) is 2. The van der Waals surface area contributed by atoms with Crippen molar-refractivity contribution in [3.05, 3.63) is 60.2 Å². The first-order chi connectivity index (χ1) is 9.27. The average Bonchev–Trinajstić information content (AvgIpc) is 2.58. The third kappa shape index (κ3) is 2.13. The number of nitrogens with zero attached hydrogens (tertiary/aromatic N) is 1. The Kier molecular flexibility index (Phi) is 3.05. The van der Waals surface area contributed by atoms with Gasteiger partial charge < -0.3 is 5.32 Å². The molecule has 0 radical (unpaired) electrons. The van der Waals surface area contributed by atoms with Crippen LogP contribution in [0.15, 0.2) is 54.6 Å². The highest BCUT2D eigenvalue weighted by Crippen LogP contribution is 2.31. The lowest BCUT2D eigenvalue weighted by Crippen LogP contribution is -2.39. The maximum Gasteiger partial charge on any atom is 0.248 e. The highest BCUT2D eigenvalue weighted by molar-refractivity contribution is 6.04. The van der Waals surface area contributed by atoms with Gasteiger partial charge in [0, 0.05) is 12.2 Å². The predicted molar refractivity (Wildman–Crippen MR) is 76.3 cm³/mol. The molecule has 0 saturated heterocycles. The number of benzene rings is 2. The lowest BCUT2D eigenvalue weighted by Gasteiger charge is -2.24. The van der Waals surface area contributed by atoms with E-state index in [1.807, 2.05) is 55.5 Å². The number of rotatable bonds is 1. The zero-order chi connectivity index (χ0) is 13.2. The van der Waals surface area contributed by atoms with E-state index in [-0.39, 0.29) is 11.9 Å². The largest absolute Gasteiger partial charge is 0.302 e. The Morgan fingerprint density at radius 2 is 1.74 bits per heavy atom. The molecule has 1 unspecified atom stereocenters. The van der Waals surface area contributed by atoms with Crippen molar-refractivity contribution in [2.45, 2.75) is 19.5 Å². The van der Waals surface area contributed by atoms with Crippen LogP contribution < -0.4 is 10.2 Å². The lowest BCUT2D eigenvalue weighted by molar-refractivity contribution is -0.119. The van der Waals surface area contributed by atoms with E-state index in [0.717, 1.165) is 16.9 Å². The first-order valence-electron chi connectivity index (χ1n) is 6.47. The van der Waals surface area contributed by atoms with Crippen molar-refractivity contribution < 1.29 is 4.79 Å². The molecule has 1 aliphatic heterocycles. The third-order valence-corrected chi connectivity index (χ3v) is 3.44. The number of anilines is 2. The molecule has 1 aliphatic rings. The van der Waals surface area contributed by atoms with Crippen molar-refractivity contribution in [2.24, 2.45) is 0 Å². The van der Waals surface area contributed by atoms with Crippen molar-refractivity contribution in [1.29, 1.82) is 0 Å².